The van der Waals surface area contributed by atoms with Gasteiger partial charge in [-0.3, -0.25) is 0 Å². The molecular formula is C19H27N3O2. The van der Waals surface area contributed by atoms with Gasteiger partial charge in [0.1, 0.15) is 17.4 Å². The van der Waals surface area contributed by atoms with Crippen molar-refractivity contribution >= 4 is 5.82 Å². The Bertz CT molecular complexity index is 693. The van der Waals surface area contributed by atoms with Crippen LogP contribution in [0.25, 0.3) is 0 Å². The maximum absolute atomic E-state index is 5.46. The second-order valence-electron chi connectivity index (χ2n) is 6.92. The van der Waals surface area contributed by atoms with Gasteiger partial charge in [0.25, 0.3) is 0 Å². The third-order valence-electron chi connectivity index (χ3n) is 3.64. The number of methoxy groups -OCH3 is 2. The van der Waals surface area contributed by atoms with Gasteiger partial charge >= 0.3 is 0 Å². The van der Waals surface area contributed by atoms with E-state index in [4.69, 9.17) is 9.47 Å². The second-order valence-corrected chi connectivity index (χ2v) is 6.92. The van der Waals surface area contributed by atoms with Crippen LogP contribution in [0.4, 0.5) is 5.82 Å². The maximum atomic E-state index is 5.46. The van der Waals surface area contributed by atoms with E-state index in [0.717, 1.165) is 28.6 Å². The number of rotatable bonds is 6. The average Bonchev–Trinajstić information content (AvgIpc) is 2.53. The molecule has 0 spiro atoms. The Morgan fingerprint density at radius 1 is 1.08 bits per heavy atom. The molecule has 0 aliphatic rings. The van der Waals surface area contributed by atoms with Gasteiger partial charge in [0.05, 0.1) is 19.4 Å². The van der Waals surface area contributed by atoms with E-state index in [-0.39, 0.29) is 5.41 Å². The fourth-order valence-corrected chi connectivity index (χ4v) is 2.33. The fraction of sp³-hybridized carbons (Fsp3) is 0.474. The lowest BCUT2D eigenvalue weighted by Gasteiger charge is -2.19. The van der Waals surface area contributed by atoms with Crippen LogP contribution in [-0.4, -0.2) is 24.2 Å². The van der Waals surface area contributed by atoms with Gasteiger partial charge in [0, 0.05) is 30.7 Å². The molecule has 24 heavy (non-hydrogen) atoms. The van der Waals surface area contributed by atoms with Gasteiger partial charge < -0.3 is 14.8 Å². The van der Waals surface area contributed by atoms with Gasteiger partial charge in [-0.05, 0) is 18.6 Å². The molecule has 2 aromatic rings. The first-order chi connectivity index (χ1) is 11.3. The van der Waals surface area contributed by atoms with Gasteiger partial charge in [0.15, 0.2) is 0 Å². The first-order valence-corrected chi connectivity index (χ1v) is 8.08. The minimum absolute atomic E-state index is 0.123. The number of hydrogen-bond donors (Lipinski definition) is 1. The standard InChI is InChI=1S/C19H27N3O2/c1-13-7-8-14(16(9-13)24-6)11-20-17-10-15(12-23-5)21-18(22-17)19(2,3)4/h7-10H,11-12H2,1-6H3,(H,20,21,22). The number of hydrogen-bond acceptors (Lipinski definition) is 5. The van der Waals surface area contributed by atoms with Crippen molar-refractivity contribution in [3.63, 3.8) is 0 Å². The third-order valence-corrected chi connectivity index (χ3v) is 3.64. The molecule has 2 rings (SSSR count). The Morgan fingerprint density at radius 3 is 2.46 bits per heavy atom. The Kier molecular flexibility index (Phi) is 5.78. The Labute approximate surface area is 144 Å². The van der Waals surface area contributed by atoms with E-state index in [0.29, 0.717) is 13.2 Å². The topological polar surface area (TPSA) is 56.3 Å². The first kappa shape index (κ1) is 18.2. The molecule has 0 radical (unpaired) electrons. The summed E-state index contributed by atoms with van der Waals surface area (Å²) >= 11 is 0. The van der Waals surface area contributed by atoms with E-state index in [1.165, 1.54) is 5.56 Å². The number of nitrogens with zero attached hydrogens (tertiary/aromatic N) is 2. The highest BCUT2D eigenvalue weighted by molar-refractivity contribution is 5.42. The van der Waals surface area contributed by atoms with Crippen LogP contribution in [0, 0.1) is 6.92 Å². The molecule has 0 unspecified atom stereocenters. The van der Waals surface area contributed by atoms with E-state index in [2.05, 4.69) is 55.1 Å². The van der Waals surface area contributed by atoms with E-state index in [9.17, 15) is 0 Å². The lowest BCUT2D eigenvalue weighted by atomic mass is 9.95. The summed E-state index contributed by atoms with van der Waals surface area (Å²) in [5.74, 6) is 2.48. The molecule has 130 valence electrons. The molecule has 0 saturated heterocycles. The monoisotopic (exact) mass is 329 g/mol. The van der Waals surface area contributed by atoms with Crippen LogP contribution in [0.15, 0.2) is 24.3 Å². The molecule has 0 fully saturated rings. The molecule has 5 nitrogen and oxygen atoms in total. The summed E-state index contributed by atoms with van der Waals surface area (Å²) in [4.78, 5) is 9.25. The lowest BCUT2D eigenvalue weighted by Crippen LogP contribution is -2.18. The van der Waals surface area contributed by atoms with Crippen molar-refractivity contribution < 1.29 is 9.47 Å². The number of aryl methyl sites for hydroxylation is 1. The molecule has 0 amide bonds. The van der Waals surface area contributed by atoms with Crippen LogP contribution >= 0.6 is 0 Å². The second kappa shape index (κ2) is 7.62. The van der Waals surface area contributed by atoms with Crippen molar-refractivity contribution in [2.24, 2.45) is 0 Å². The zero-order valence-corrected chi connectivity index (χ0v) is 15.4. The van der Waals surface area contributed by atoms with Crippen LogP contribution in [0.2, 0.25) is 0 Å². The molecule has 0 bridgehead atoms. The summed E-state index contributed by atoms with van der Waals surface area (Å²) < 4.78 is 10.7. The van der Waals surface area contributed by atoms with Crippen LogP contribution in [0.5, 0.6) is 5.75 Å². The Balaban J connectivity index is 2.24. The van der Waals surface area contributed by atoms with Crippen LogP contribution in [-0.2, 0) is 23.3 Å². The fourth-order valence-electron chi connectivity index (χ4n) is 2.33. The van der Waals surface area contributed by atoms with Gasteiger partial charge in [-0.15, -0.1) is 0 Å². The van der Waals surface area contributed by atoms with Crippen molar-refractivity contribution in [2.75, 3.05) is 19.5 Å². The summed E-state index contributed by atoms with van der Waals surface area (Å²) in [6.07, 6.45) is 0. The summed E-state index contributed by atoms with van der Waals surface area (Å²) in [6.45, 7) is 9.46. The molecule has 1 N–H and O–H groups in total. The highest BCUT2D eigenvalue weighted by Gasteiger charge is 2.19. The molecule has 0 aliphatic heterocycles. The summed E-state index contributed by atoms with van der Waals surface area (Å²) in [6, 6.07) is 8.12. The molecule has 1 heterocycles. The van der Waals surface area contributed by atoms with Crippen molar-refractivity contribution in [1.82, 2.24) is 9.97 Å². The number of benzene rings is 1. The van der Waals surface area contributed by atoms with Crippen LogP contribution in [0.1, 0.15) is 43.4 Å². The SMILES string of the molecule is COCc1cc(NCc2ccc(C)cc2OC)nc(C(C)(C)C)n1. The van der Waals surface area contributed by atoms with Crippen LogP contribution < -0.4 is 10.1 Å². The molecular weight excluding hydrogens is 302 g/mol. The highest BCUT2D eigenvalue weighted by atomic mass is 16.5. The molecule has 0 atom stereocenters. The molecule has 5 heteroatoms. The number of ether oxygens (including phenoxy) is 2. The predicted octanol–water partition coefficient (Wildman–Crippen LogP) is 3.85. The van der Waals surface area contributed by atoms with Gasteiger partial charge in [-0.1, -0.05) is 32.9 Å². The van der Waals surface area contributed by atoms with Crippen molar-refractivity contribution in [1.29, 1.82) is 0 Å². The van der Waals surface area contributed by atoms with Gasteiger partial charge in [-0.2, -0.15) is 0 Å². The lowest BCUT2D eigenvalue weighted by molar-refractivity contribution is 0.181. The molecule has 1 aromatic carbocycles. The quantitative estimate of drug-likeness (QED) is 0.872. The van der Waals surface area contributed by atoms with E-state index in [1.807, 2.05) is 12.1 Å². The Morgan fingerprint density at radius 2 is 1.83 bits per heavy atom. The molecule has 1 aromatic heterocycles. The van der Waals surface area contributed by atoms with E-state index in [1.54, 1.807) is 14.2 Å². The first-order valence-electron chi connectivity index (χ1n) is 8.08. The number of aromatic nitrogens is 2. The normalized spacial score (nSPS) is 11.4. The summed E-state index contributed by atoms with van der Waals surface area (Å²) in [5.41, 5.74) is 3.01. The summed E-state index contributed by atoms with van der Waals surface area (Å²) in [5, 5.41) is 3.38. The number of nitrogens with one attached hydrogen (secondary N) is 1. The zero-order valence-electron chi connectivity index (χ0n) is 15.4. The smallest absolute Gasteiger partial charge is 0.136 e. The van der Waals surface area contributed by atoms with Crippen molar-refractivity contribution in [3.05, 3.63) is 46.9 Å². The van der Waals surface area contributed by atoms with Crippen molar-refractivity contribution in [3.8, 4) is 5.75 Å². The summed E-state index contributed by atoms with van der Waals surface area (Å²) in [7, 11) is 3.36. The third kappa shape index (κ3) is 4.68. The zero-order chi connectivity index (χ0) is 17.7. The minimum Gasteiger partial charge on any atom is -0.496 e. The highest BCUT2D eigenvalue weighted by Crippen LogP contribution is 2.23. The predicted molar refractivity (Wildman–Crippen MR) is 96.5 cm³/mol. The maximum Gasteiger partial charge on any atom is 0.136 e. The molecule has 0 aliphatic carbocycles. The largest absolute Gasteiger partial charge is 0.496 e. The minimum atomic E-state index is -0.123. The van der Waals surface area contributed by atoms with Gasteiger partial charge in [0.2, 0.25) is 0 Å². The van der Waals surface area contributed by atoms with Gasteiger partial charge in [-0.25, -0.2) is 9.97 Å². The van der Waals surface area contributed by atoms with E-state index >= 15 is 0 Å². The van der Waals surface area contributed by atoms with Crippen molar-refractivity contribution in [2.45, 2.75) is 46.3 Å². The number of anilines is 1. The average molecular weight is 329 g/mol. The van der Waals surface area contributed by atoms with E-state index < -0.39 is 0 Å². The Hall–Kier alpha value is -2.14. The molecule has 0 saturated carbocycles. The van der Waals surface area contributed by atoms with Crippen LogP contribution in [0.3, 0.4) is 0 Å².